The highest BCUT2D eigenvalue weighted by Gasteiger charge is 2.16. The third kappa shape index (κ3) is 4.74. The van der Waals surface area contributed by atoms with E-state index in [0.717, 1.165) is 23.4 Å². The Morgan fingerprint density at radius 1 is 1.04 bits per heavy atom. The summed E-state index contributed by atoms with van der Waals surface area (Å²) in [6, 6.07) is 11.3. The lowest BCUT2D eigenvalue weighted by Gasteiger charge is -2.22. The third-order valence-corrected chi connectivity index (χ3v) is 3.69. The molecule has 124 valence electrons. The Hall–Kier alpha value is -1.98. The van der Waals surface area contributed by atoms with E-state index >= 15 is 0 Å². The second kappa shape index (κ2) is 7.53. The van der Waals surface area contributed by atoms with Crippen LogP contribution in [0.15, 0.2) is 42.5 Å². The molecule has 1 atom stereocenters. The fourth-order valence-corrected chi connectivity index (χ4v) is 2.47. The van der Waals surface area contributed by atoms with Crippen molar-refractivity contribution in [1.82, 2.24) is 4.90 Å². The van der Waals surface area contributed by atoms with E-state index in [2.05, 4.69) is 6.07 Å². The van der Waals surface area contributed by atoms with E-state index in [-0.39, 0.29) is 12.1 Å². The summed E-state index contributed by atoms with van der Waals surface area (Å²) in [4.78, 5) is 3.93. The molecule has 0 aliphatic rings. The van der Waals surface area contributed by atoms with Crippen LogP contribution in [0, 0.1) is 11.6 Å². The van der Waals surface area contributed by atoms with Crippen molar-refractivity contribution < 1.29 is 13.9 Å². The van der Waals surface area contributed by atoms with Gasteiger partial charge in [0.15, 0.2) is 0 Å². The Labute approximate surface area is 135 Å². The van der Waals surface area contributed by atoms with Crippen molar-refractivity contribution >= 4 is 5.69 Å². The number of likely N-dealkylation sites (N-methyl/N-ethyl adjacent to an activating group) is 1. The minimum Gasteiger partial charge on any atom is -0.387 e. The Morgan fingerprint density at radius 2 is 1.78 bits per heavy atom. The van der Waals surface area contributed by atoms with Crippen LogP contribution in [0.5, 0.6) is 0 Å². The van der Waals surface area contributed by atoms with Crippen LogP contribution in [0.1, 0.15) is 17.2 Å². The Balaban J connectivity index is 2.01. The van der Waals surface area contributed by atoms with Crippen molar-refractivity contribution in [3.8, 4) is 0 Å². The van der Waals surface area contributed by atoms with Gasteiger partial charge in [-0.15, -0.1) is 0 Å². The van der Waals surface area contributed by atoms with Gasteiger partial charge in [-0.1, -0.05) is 18.2 Å². The van der Waals surface area contributed by atoms with E-state index in [1.165, 1.54) is 6.07 Å². The molecule has 0 spiro atoms. The number of benzene rings is 2. The van der Waals surface area contributed by atoms with Crippen molar-refractivity contribution in [3.63, 3.8) is 0 Å². The highest BCUT2D eigenvalue weighted by Crippen LogP contribution is 2.20. The molecule has 1 N–H and O–H groups in total. The summed E-state index contributed by atoms with van der Waals surface area (Å²) in [7, 11) is 5.81. The predicted octanol–water partition coefficient (Wildman–Crippen LogP) is 3.20. The van der Waals surface area contributed by atoms with Gasteiger partial charge in [0, 0.05) is 44.5 Å². The molecule has 0 radical (unpaired) electrons. The maximum Gasteiger partial charge on any atom is 0.131 e. The first-order valence-electron chi connectivity index (χ1n) is 7.44. The van der Waals surface area contributed by atoms with Crippen LogP contribution in [0.4, 0.5) is 14.5 Å². The van der Waals surface area contributed by atoms with E-state index in [9.17, 15) is 13.9 Å². The van der Waals surface area contributed by atoms with Gasteiger partial charge >= 0.3 is 0 Å². The Bertz CT molecular complexity index is 661. The van der Waals surface area contributed by atoms with Crippen molar-refractivity contribution in [2.45, 2.75) is 12.6 Å². The second-order valence-electron chi connectivity index (χ2n) is 5.94. The molecule has 0 aromatic heterocycles. The summed E-state index contributed by atoms with van der Waals surface area (Å²) >= 11 is 0. The SMILES string of the molecule is CN(Cc1cccc(N(C)C)c1)CC(O)c1ccc(F)cc1F. The van der Waals surface area contributed by atoms with Crippen LogP contribution in [-0.4, -0.2) is 37.7 Å². The average molecular weight is 320 g/mol. The fourth-order valence-electron chi connectivity index (χ4n) is 2.47. The van der Waals surface area contributed by atoms with Crippen LogP contribution in [0.2, 0.25) is 0 Å². The molecule has 2 rings (SSSR count). The highest BCUT2D eigenvalue weighted by atomic mass is 19.1. The number of nitrogens with zero attached hydrogens (tertiary/aromatic N) is 2. The first-order chi connectivity index (χ1) is 10.9. The lowest BCUT2D eigenvalue weighted by molar-refractivity contribution is 0.120. The summed E-state index contributed by atoms with van der Waals surface area (Å²) in [6.45, 7) is 0.885. The zero-order valence-corrected chi connectivity index (χ0v) is 13.6. The highest BCUT2D eigenvalue weighted by molar-refractivity contribution is 5.47. The molecule has 0 heterocycles. The number of aliphatic hydroxyl groups excluding tert-OH is 1. The number of anilines is 1. The predicted molar refractivity (Wildman–Crippen MR) is 88.4 cm³/mol. The van der Waals surface area contributed by atoms with Gasteiger partial charge in [-0.2, -0.15) is 0 Å². The minimum atomic E-state index is -1.00. The van der Waals surface area contributed by atoms with E-state index in [4.69, 9.17) is 0 Å². The molecule has 5 heteroatoms. The van der Waals surface area contributed by atoms with Gasteiger partial charge in [0.2, 0.25) is 0 Å². The molecule has 0 aliphatic heterocycles. The number of halogens is 2. The van der Waals surface area contributed by atoms with Crippen LogP contribution in [-0.2, 0) is 6.54 Å². The van der Waals surface area contributed by atoms with Crippen LogP contribution in [0.3, 0.4) is 0 Å². The van der Waals surface area contributed by atoms with Gasteiger partial charge in [0.25, 0.3) is 0 Å². The molecular formula is C18H22F2N2O. The normalized spacial score (nSPS) is 12.5. The molecule has 0 amide bonds. The first-order valence-corrected chi connectivity index (χ1v) is 7.44. The summed E-state index contributed by atoms with van der Waals surface area (Å²) in [5, 5.41) is 10.2. The molecule has 1 unspecified atom stereocenters. The zero-order valence-electron chi connectivity index (χ0n) is 13.6. The molecule has 2 aromatic rings. The number of rotatable bonds is 6. The van der Waals surface area contributed by atoms with Gasteiger partial charge in [0.05, 0.1) is 6.10 Å². The number of aliphatic hydroxyl groups is 1. The standard InChI is InChI=1S/C18H22F2N2O/c1-21(2)15-6-4-5-13(9-15)11-22(3)12-18(23)16-8-7-14(19)10-17(16)20/h4-10,18,23H,11-12H2,1-3H3. The van der Waals surface area contributed by atoms with E-state index in [1.807, 2.05) is 49.1 Å². The quantitative estimate of drug-likeness (QED) is 0.885. The van der Waals surface area contributed by atoms with E-state index in [1.54, 1.807) is 0 Å². The maximum atomic E-state index is 13.7. The molecule has 3 nitrogen and oxygen atoms in total. The largest absolute Gasteiger partial charge is 0.387 e. The molecule has 0 fully saturated rings. The van der Waals surface area contributed by atoms with Gasteiger partial charge in [-0.3, -0.25) is 4.90 Å². The summed E-state index contributed by atoms with van der Waals surface area (Å²) < 4.78 is 26.6. The second-order valence-corrected chi connectivity index (χ2v) is 5.94. The number of hydrogen-bond donors (Lipinski definition) is 1. The van der Waals surface area contributed by atoms with Crippen molar-refractivity contribution in [2.75, 3.05) is 32.6 Å². The van der Waals surface area contributed by atoms with Crippen molar-refractivity contribution in [1.29, 1.82) is 0 Å². The maximum absolute atomic E-state index is 13.7. The third-order valence-electron chi connectivity index (χ3n) is 3.69. The molecule has 23 heavy (non-hydrogen) atoms. The van der Waals surface area contributed by atoms with Crippen LogP contribution >= 0.6 is 0 Å². The van der Waals surface area contributed by atoms with Crippen LogP contribution < -0.4 is 4.90 Å². The topological polar surface area (TPSA) is 26.7 Å². The van der Waals surface area contributed by atoms with Crippen molar-refractivity contribution in [2.24, 2.45) is 0 Å². The van der Waals surface area contributed by atoms with Crippen molar-refractivity contribution in [3.05, 3.63) is 65.2 Å². The zero-order chi connectivity index (χ0) is 17.0. The average Bonchev–Trinajstić information content (AvgIpc) is 2.47. The van der Waals surface area contributed by atoms with E-state index < -0.39 is 17.7 Å². The van der Waals surface area contributed by atoms with Gasteiger partial charge in [-0.05, 0) is 30.8 Å². The van der Waals surface area contributed by atoms with Crippen LogP contribution in [0.25, 0.3) is 0 Å². The summed E-state index contributed by atoms with van der Waals surface area (Å²) in [5.41, 5.74) is 2.31. The molecule has 0 bridgehead atoms. The first kappa shape index (κ1) is 17.4. The summed E-state index contributed by atoms with van der Waals surface area (Å²) in [5.74, 6) is -1.37. The Morgan fingerprint density at radius 3 is 2.43 bits per heavy atom. The smallest absolute Gasteiger partial charge is 0.131 e. The Kier molecular flexibility index (Phi) is 5.69. The van der Waals surface area contributed by atoms with Gasteiger partial charge < -0.3 is 10.0 Å². The van der Waals surface area contributed by atoms with Gasteiger partial charge in [-0.25, -0.2) is 8.78 Å². The van der Waals surface area contributed by atoms with E-state index in [0.29, 0.717) is 6.54 Å². The lowest BCUT2D eigenvalue weighted by atomic mass is 10.1. The molecule has 0 saturated heterocycles. The summed E-state index contributed by atoms with van der Waals surface area (Å²) in [6.07, 6.45) is -1.00. The molecule has 2 aromatic carbocycles. The molecular weight excluding hydrogens is 298 g/mol. The van der Waals surface area contributed by atoms with Gasteiger partial charge in [0.1, 0.15) is 11.6 Å². The minimum absolute atomic E-state index is 0.111. The fraction of sp³-hybridized carbons (Fsp3) is 0.333. The molecule has 0 aliphatic carbocycles. The lowest BCUT2D eigenvalue weighted by Crippen LogP contribution is -2.25. The molecule has 0 saturated carbocycles. The monoisotopic (exact) mass is 320 g/mol. The number of hydrogen-bond acceptors (Lipinski definition) is 3.